The molecule has 1 saturated heterocycles. The van der Waals surface area contributed by atoms with E-state index in [0.717, 1.165) is 25.1 Å². The van der Waals surface area contributed by atoms with Crippen LogP contribution in [0.25, 0.3) is 0 Å². The molecule has 2 atom stereocenters. The van der Waals surface area contributed by atoms with Crippen LogP contribution in [0, 0.1) is 0 Å². The molecule has 1 aromatic heterocycles. The molecule has 0 radical (unpaired) electrons. The maximum Gasteiger partial charge on any atom is 0.410 e. The van der Waals surface area contributed by atoms with E-state index in [1.807, 2.05) is 25.7 Å². The lowest BCUT2D eigenvalue weighted by Gasteiger charge is -2.40. The zero-order valence-corrected chi connectivity index (χ0v) is 14.8. The van der Waals surface area contributed by atoms with Gasteiger partial charge in [0.05, 0.1) is 11.7 Å². The number of likely N-dealkylation sites (N-methyl/N-ethyl adjacent to an activating group) is 1. The Labute approximate surface area is 138 Å². The van der Waals surface area contributed by atoms with Gasteiger partial charge in [0.15, 0.2) is 0 Å². The summed E-state index contributed by atoms with van der Waals surface area (Å²) in [6, 6.07) is 0.459. The van der Waals surface area contributed by atoms with Gasteiger partial charge in [-0.1, -0.05) is 0 Å². The first-order valence-corrected chi connectivity index (χ1v) is 8.23. The highest BCUT2D eigenvalue weighted by molar-refractivity contribution is 5.68. The molecule has 2 heterocycles. The van der Waals surface area contributed by atoms with Crippen molar-refractivity contribution in [2.75, 3.05) is 20.1 Å². The number of hydrogen-bond donors (Lipinski definition) is 0. The molecule has 2 rings (SSSR count). The van der Waals surface area contributed by atoms with Crippen molar-refractivity contribution >= 4 is 6.09 Å². The van der Waals surface area contributed by atoms with Crippen molar-refractivity contribution < 1.29 is 9.53 Å². The summed E-state index contributed by atoms with van der Waals surface area (Å²) in [5.41, 5.74) is 0.493. The van der Waals surface area contributed by atoms with Crippen LogP contribution < -0.4 is 0 Å². The van der Waals surface area contributed by atoms with E-state index in [4.69, 9.17) is 4.74 Å². The van der Waals surface area contributed by atoms with E-state index in [9.17, 15) is 4.79 Å². The molecule has 1 amide bonds. The smallest absolute Gasteiger partial charge is 0.410 e. The summed E-state index contributed by atoms with van der Waals surface area (Å²) in [6.07, 6.45) is 7.04. The fourth-order valence-electron chi connectivity index (χ4n) is 2.83. The molecule has 0 unspecified atom stereocenters. The van der Waals surface area contributed by atoms with Crippen molar-refractivity contribution in [3.8, 4) is 0 Å². The topological polar surface area (TPSA) is 58.6 Å². The van der Waals surface area contributed by atoms with E-state index < -0.39 is 5.60 Å². The minimum absolute atomic E-state index is 0.160. The number of ether oxygens (including phenoxy) is 1. The Kier molecular flexibility index (Phi) is 5.57. The minimum atomic E-state index is -0.456. The molecule has 128 valence electrons. The number of aromatic nitrogens is 2. The van der Waals surface area contributed by atoms with Gasteiger partial charge in [-0.05, 0) is 47.6 Å². The molecule has 1 aliphatic rings. The standard InChI is InChI=1S/C17H28N4O2/c1-13(15-11-18-8-9-19-15)20(5)14-7-6-10-21(12-14)16(22)23-17(2,3)4/h8-9,11,13-14H,6-7,10,12H2,1-5H3/t13-,14-/m1/s1. The highest BCUT2D eigenvalue weighted by atomic mass is 16.6. The largest absolute Gasteiger partial charge is 0.444 e. The lowest BCUT2D eigenvalue weighted by molar-refractivity contribution is 0.00957. The summed E-state index contributed by atoms with van der Waals surface area (Å²) in [5, 5.41) is 0. The van der Waals surface area contributed by atoms with Gasteiger partial charge in [0.2, 0.25) is 0 Å². The highest BCUT2D eigenvalue weighted by Crippen LogP contribution is 2.24. The van der Waals surface area contributed by atoms with Crippen LogP contribution in [0.1, 0.15) is 52.3 Å². The van der Waals surface area contributed by atoms with E-state index in [0.29, 0.717) is 12.6 Å². The molecule has 6 heteroatoms. The average Bonchev–Trinajstić information content (AvgIpc) is 2.53. The van der Waals surface area contributed by atoms with Crippen molar-refractivity contribution in [2.24, 2.45) is 0 Å². The number of hydrogen-bond acceptors (Lipinski definition) is 5. The van der Waals surface area contributed by atoms with Crippen LogP contribution in [0.3, 0.4) is 0 Å². The van der Waals surface area contributed by atoms with E-state index in [-0.39, 0.29) is 12.1 Å². The summed E-state index contributed by atoms with van der Waals surface area (Å²) < 4.78 is 5.50. The monoisotopic (exact) mass is 320 g/mol. The first-order valence-electron chi connectivity index (χ1n) is 8.23. The molecule has 0 aromatic carbocycles. The predicted octanol–water partition coefficient (Wildman–Crippen LogP) is 2.87. The number of carbonyl (C=O) groups is 1. The number of rotatable bonds is 3. The zero-order chi connectivity index (χ0) is 17.0. The van der Waals surface area contributed by atoms with Gasteiger partial charge in [-0.15, -0.1) is 0 Å². The Hall–Kier alpha value is -1.69. The van der Waals surface area contributed by atoms with E-state index >= 15 is 0 Å². The van der Waals surface area contributed by atoms with Gasteiger partial charge in [0.25, 0.3) is 0 Å². The fraction of sp³-hybridized carbons (Fsp3) is 0.706. The number of piperidine rings is 1. The lowest BCUT2D eigenvalue weighted by Crippen LogP contribution is -2.50. The van der Waals surface area contributed by atoms with Crippen LogP contribution in [0.2, 0.25) is 0 Å². The van der Waals surface area contributed by atoms with Crippen LogP contribution in [0.15, 0.2) is 18.6 Å². The van der Waals surface area contributed by atoms with Crippen LogP contribution in [-0.2, 0) is 4.74 Å². The first kappa shape index (κ1) is 17.7. The van der Waals surface area contributed by atoms with Gasteiger partial charge in [-0.2, -0.15) is 0 Å². The normalized spacial score (nSPS) is 20.4. The summed E-state index contributed by atoms with van der Waals surface area (Å²) >= 11 is 0. The first-order chi connectivity index (χ1) is 10.8. The van der Waals surface area contributed by atoms with Gasteiger partial charge >= 0.3 is 6.09 Å². The summed E-state index contributed by atoms with van der Waals surface area (Å²) in [7, 11) is 2.09. The molecule has 0 saturated carbocycles. The van der Waals surface area contributed by atoms with Crippen molar-refractivity contribution in [3.63, 3.8) is 0 Å². The minimum Gasteiger partial charge on any atom is -0.444 e. The van der Waals surface area contributed by atoms with Crippen molar-refractivity contribution in [2.45, 2.75) is 58.2 Å². The molecule has 0 aliphatic carbocycles. The molecule has 0 N–H and O–H groups in total. The summed E-state index contributed by atoms with van der Waals surface area (Å²) in [5.74, 6) is 0. The van der Waals surface area contributed by atoms with Gasteiger partial charge in [0, 0.05) is 37.7 Å². The Morgan fingerprint density at radius 3 is 2.78 bits per heavy atom. The molecule has 0 spiro atoms. The van der Waals surface area contributed by atoms with Crippen LogP contribution >= 0.6 is 0 Å². The maximum absolute atomic E-state index is 12.3. The van der Waals surface area contributed by atoms with Crippen LogP contribution in [-0.4, -0.2) is 57.6 Å². The van der Waals surface area contributed by atoms with Gasteiger partial charge < -0.3 is 9.64 Å². The van der Waals surface area contributed by atoms with Gasteiger partial charge in [-0.25, -0.2) is 4.79 Å². The Bertz CT molecular complexity index is 515. The highest BCUT2D eigenvalue weighted by Gasteiger charge is 2.31. The quantitative estimate of drug-likeness (QED) is 0.857. The average molecular weight is 320 g/mol. The van der Waals surface area contributed by atoms with E-state index in [1.54, 1.807) is 18.6 Å². The third-order valence-corrected chi connectivity index (χ3v) is 4.25. The Morgan fingerprint density at radius 1 is 1.43 bits per heavy atom. The number of nitrogens with zero attached hydrogens (tertiary/aromatic N) is 4. The number of likely N-dealkylation sites (tertiary alicyclic amines) is 1. The molecule has 0 bridgehead atoms. The molecular formula is C17H28N4O2. The van der Waals surface area contributed by atoms with Crippen molar-refractivity contribution in [1.29, 1.82) is 0 Å². The Balaban J connectivity index is 1.99. The predicted molar refractivity (Wildman–Crippen MR) is 89.0 cm³/mol. The second-order valence-electron chi connectivity index (χ2n) is 7.19. The number of amides is 1. The summed E-state index contributed by atoms with van der Waals surface area (Å²) in [4.78, 5) is 24.9. The maximum atomic E-state index is 12.3. The second kappa shape index (κ2) is 7.25. The molecular weight excluding hydrogens is 292 g/mol. The van der Waals surface area contributed by atoms with Crippen molar-refractivity contribution in [3.05, 3.63) is 24.3 Å². The zero-order valence-electron chi connectivity index (χ0n) is 14.8. The second-order valence-corrected chi connectivity index (χ2v) is 7.19. The lowest BCUT2D eigenvalue weighted by atomic mass is 10.0. The molecule has 23 heavy (non-hydrogen) atoms. The molecule has 6 nitrogen and oxygen atoms in total. The number of carbonyl (C=O) groups excluding carboxylic acids is 1. The molecule has 1 aliphatic heterocycles. The Morgan fingerprint density at radius 2 is 2.17 bits per heavy atom. The van der Waals surface area contributed by atoms with Crippen LogP contribution in [0.5, 0.6) is 0 Å². The third-order valence-electron chi connectivity index (χ3n) is 4.25. The van der Waals surface area contributed by atoms with E-state index in [1.165, 1.54) is 0 Å². The molecule has 1 fully saturated rings. The van der Waals surface area contributed by atoms with Gasteiger partial charge in [0.1, 0.15) is 5.60 Å². The fourth-order valence-corrected chi connectivity index (χ4v) is 2.83. The van der Waals surface area contributed by atoms with Crippen molar-refractivity contribution in [1.82, 2.24) is 19.8 Å². The SMILES string of the molecule is C[C@H](c1cnccn1)N(C)[C@@H]1CCCN(C(=O)OC(C)(C)C)C1. The molecule has 1 aromatic rings. The summed E-state index contributed by atoms with van der Waals surface area (Å²) in [6.45, 7) is 9.27. The van der Waals surface area contributed by atoms with Crippen LogP contribution in [0.4, 0.5) is 4.79 Å². The van der Waals surface area contributed by atoms with Gasteiger partial charge in [-0.3, -0.25) is 14.9 Å². The third kappa shape index (κ3) is 4.89. The van der Waals surface area contributed by atoms with E-state index in [2.05, 4.69) is 28.8 Å².